The molecule has 6 nitrogen and oxygen atoms in total. The lowest BCUT2D eigenvalue weighted by atomic mass is 9.95. The van der Waals surface area contributed by atoms with Crippen molar-refractivity contribution in [3.63, 3.8) is 0 Å². The summed E-state index contributed by atoms with van der Waals surface area (Å²) in [6.45, 7) is 4.52. The van der Waals surface area contributed by atoms with Crippen molar-refractivity contribution in [2.24, 2.45) is 0 Å². The summed E-state index contributed by atoms with van der Waals surface area (Å²) in [5.74, 6) is -0.916. The van der Waals surface area contributed by atoms with Gasteiger partial charge in [0.2, 0.25) is 0 Å². The van der Waals surface area contributed by atoms with Gasteiger partial charge in [-0.05, 0) is 54.3 Å². The molecule has 0 fully saturated rings. The fourth-order valence-electron chi connectivity index (χ4n) is 4.38. The Bertz CT molecular complexity index is 1520. The number of thiazole rings is 1. The summed E-state index contributed by atoms with van der Waals surface area (Å²) in [4.78, 5) is 33.0. The molecule has 7 heteroatoms. The number of carbonyl (C=O) groups is 2. The second-order valence-electron chi connectivity index (χ2n) is 8.60. The molecule has 4 aromatic rings. The number of amides is 1. The third kappa shape index (κ3) is 4.78. The predicted octanol–water partition coefficient (Wildman–Crippen LogP) is 6.44. The molecule has 3 aromatic carbocycles. The largest absolute Gasteiger partial charge is 0.503 e. The van der Waals surface area contributed by atoms with Crippen LogP contribution in [-0.2, 0) is 16.0 Å². The zero-order valence-corrected chi connectivity index (χ0v) is 21.4. The van der Waals surface area contributed by atoms with Crippen LogP contribution in [0.5, 0.6) is 5.75 Å². The van der Waals surface area contributed by atoms with Crippen molar-refractivity contribution in [1.29, 1.82) is 0 Å². The summed E-state index contributed by atoms with van der Waals surface area (Å²) in [5.41, 5.74) is 3.45. The van der Waals surface area contributed by atoms with Crippen LogP contribution in [0.3, 0.4) is 0 Å². The van der Waals surface area contributed by atoms with Crippen molar-refractivity contribution in [2.45, 2.75) is 26.3 Å². The Balaban J connectivity index is 1.58. The highest BCUT2D eigenvalue weighted by molar-refractivity contribution is 7.22. The minimum atomic E-state index is -0.807. The van der Waals surface area contributed by atoms with Gasteiger partial charge in [0, 0.05) is 0 Å². The van der Waals surface area contributed by atoms with E-state index in [1.807, 2.05) is 79.7 Å². The number of hydrogen-bond donors (Lipinski definition) is 1. The molecule has 2 heterocycles. The number of allylic oxidation sites excluding steroid dienone is 1. The van der Waals surface area contributed by atoms with Gasteiger partial charge in [0.25, 0.3) is 5.91 Å². The highest BCUT2D eigenvalue weighted by Crippen LogP contribution is 2.44. The number of aromatic nitrogens is 1. The number of aliphatic hydroxyl groups excluding tert-OH is 1. The Labute approximate surface area is 219 Å². The first kappa shape index (κ1) is 24.5. The fourth-order valence-corrected chi connectivity index (χ4v) is 5.40. The molecule has 1 atom stereocenters. The van der Waals surface area contributed by atoms with Crippen LogP contribution in [-0.4, -0.2) is 28.4 Å². The molecule has 37 heavy (non-hydrogen) atoms. The van der Waals surface area contributed by atoms with Crippen LogP contribution >= 0.6 is 11.3 Å². The number of aryl methyl sites for hydroxylation is 1. The molecular formula is C30H26N2O4S. The maximum absolute atomic E-state index is 13.4. The van der Waals surface area contributed by atoms with Gasteiger partial charge >= 0.3 is 0 Å². The number of anilines is 1. The number of nitrogens with zero attached hydrogens (tertiary/aromatic N) is 2. The predicted molar refractivity (Wildman–Crippen MR) is 147 cm³/mol. The van der Waals surface area contributed by atoms with E-state index in [1.54, 1.807) is 6.08 Å². The SMILES string of the molecule is CCOc1ccc2nc(N3C(=O)C(O)=C(C(=O)/C=C/c4ccccc4)C3c3ccc(CC)cc3)sc2c1. The van der Waals surface area contributed by atoms with E-state index >= 15 is 0 Å². The quantitative estimate of drug-likeness (QED) is 0.276. The minimum Gasteiger partial charge on any atom is -0.503 e. The molecule has 1 aliphatic rings. The molecule has 186 valence electrons. The molecule has 1 aromatic heterocycles. The van der Waals surface area contributed by atoms with Gasteiger partial charge in [-0.1, -0.05) is 78.9 Å². The molecule has 0 spiro atoms. The standard InChI is InChI=1S/C30H26N2O4S/c1-3-19-10-13-21(14-11-19)27-26(24(33)17-12-20-8-6-5-7-9-20)28(34)29(35)32(27)30-31-23-16-15-22(36-4-2)18-25(23)37-30/h5-18,27,34H,3-4H2,1-2H3/b17-12+. The molecule has 1 N–H and O–H groups in total. The van der Waals surface area contributed by atoms with E-state index in [9.17, 15) is 14.7 Å². The number of rotatable bonds is 8. The van der Waals surface area contributed by atoms with Crippen molar-refractivity contribution >= 4 is 44.5 Å². The normalized spacial score (nSPS) is 15.8. The van der Waals surface area contributed by atoms with Gasteiger partial charge in [-0.25, -0.2) is 4.98 Å². The second-order valence-corrected chi connectivity index (χ2v) is 9.61. The van der Waals surface area contributed by atoms with Gasteiger partial charge in [-0.2, -0.15) is 0 Å². The molecule has 1 aliphatic heterocycles. The Kier molecular flexibility index (Phi) is 6.88. The maximum Gasteiger partial charge on any atom is 0.296 e. The monoisotopic (exact) mass is 510 g/mol. The van der Waals surface area contributed by atoms with Crippen molar-refractivity contribution in [3.05, 3.63) is 107 Å². The summed E-state index contributed by atoms with van der Waals surface area (Å²) in [6.07, 6.45) is 3.94. The van der Waals surface area contributed by atoms with Crippen LogP contribution in [0.25, 0.3) is 16.3 Å². The van der Waals surface area contributed by atoms with E-state index in [2.05, 4.69) is 11.9 Å². The van der Waals surface area contributed by atoms with Crippen molar-refractivity contribution in [1.82, 2.24) is 4.98 Å². The zero-order chi connectivity index (χ0) is 25.9. The summed E-state index contributed by atoms with van der Waals surface area (Å²) in [6, 6.07) is 21.9. The first-order valence-electron chi connectivity index (χ1n) is 12.2. The number of ketones is 1. The third-order valence-electron chi connectivity index (χ3n) is 6.27. The van der Waals surface area contributed by atoms with E-state index in [0.29, 0.717) is 23.0 Å². The van der Waals surface area contributed by atoms with Crippen LogP contribution in [0.1, 0.15) is 36.6 Å². The van der Waals surface area contributed by atoms with E-state index in [1.165, 1.54) is 22.3 Å². The molecule has 0 saturated heterocycles. The average Bonchev–Trinajstić information content (AvgIpc) is 3.46. The first-order chi connectivity index (χ1) is 18.0. The Morgan fingerprint density at radius 2 is 1.84 bits per heavy atom. The highest BCUT2D eigenvalue weighted by Gasteiger charge is 2.45. The fraction of sp³-hybridized carbons (Fsp3) is 0.167. The van der Waals surface area contributed by atoms with Crippen LogP contribution in [0.2, 0.25) is 0 Å². The highest BCUT2D eigenvalue weighted by atomic mass is 32.1. The van der Waals surface area contributed by atoms with Crippen LogP contribution in [0.15, 0.2) is 90.2 Å². The zero-order valence-electron chi connectivity index (χ0n) is 20.5. The summed E-state index contributed by atoms with van der Waals surface area (Å²) < 4.78 is 6.45. The van der Waals surface area contributed by atoms with E-state index < -0.39 is 23.5 Å². The third-order valence-corrected chi connectivity index (χ3v) is 7.29. The Morgan fingerprint density at radius 1 is 1.08 bits per heavy atom. The van der Waals surface area contributed by atoms with Gasteiger partial charge in [0.05, 0.1) is 28.4 Å². The molecule has 1 amide bonds. The number of carbonyl (C=O) groups excluding carboxylic acids is 2. The molecule has 0 saturated carbocycles. The molecule has 0 aliphatic carbocycles. The summed E-state index contributed by atoms with van der Waals surface area (Å²) >= 11 is 1.32. The molecular weight excluding hydrogens is 484 g/mol. The molecule has 0 radical (unpaired) electrons. The van der Waals surface area contributed by atoms with Crippen molar-refractivity contribution < 1.29 is 19.4 Å². The average molecular weight is 511 g/mol. The maximum atomic E-state index is 13.4. The number of fused-ring (bicyclic) bond motifs is 1. The lowest BCUT2D eigenvalue weighted by Crippen LogP contribution is -2.30. The lowest BCUT2D eigenvalue weighted by molar-refractivity contribution is -0.117. The van der Waals surface area contributed by atoms with Crippen LogP contribution < -0.4 is 9.64 Å². The van der Waals surface area contributed by atoms with Crippen LogP contribution in [0.4, 0.5) is 5.13 Å². The van der Waals surface area contributed by atoms with Gasteiger partial charge < -0.3 is 9.84 Å². The number of benzene rings is 3. The number of ether oxygens (including phenoxy) is 1. The van der Waals surface area contributed by atoms with Crippen LogP contribution in [0, 0.1) is 0 Å². The number of aliphatic hydroxyl groups is 1. The Morgan fingerprint density at radius 3 is 2.54 bits per heavy atom. The van der Waals surface area contributed by atoms with Crippen molar-refractivity contribution in [3.8, 4) is 5.75 Å². The second kappa shape index (κ2) is 10.4. The summed E-state index contributed by atoms with van der Waals surface area (Å²) in [7, 11) is 0. The van der Waals surface area contributed by atoms with Gasteiger partial charge in [0.15, 0.2) is 16.7 Å². The smallest absolute Gasteiger partial charge is 0.296 e. The van der Waals surface area contributed by atoms with Gasteiger partial charge in [-0.15, -0.1) is 0 Å². The van der Waals surface area contributed by atoms with Gasteiger partial charge in [0.1, 0.15) is 5.75 Å². The molecule has 5 rings (SSSR count). The Hall–Kier alpha value is -4.23. The first-order valence-corrected chi connectivity index (χ1v) is 13.0. The van der Waals surface area contributed by atoms with E-state index in [-0.39, 0.29) is 5.57 Å². The van der Waals surface area contributed by atoms with E-state index in [0.717, 1.165) is 27.8 Å². The van der Waals surface area contributed by atoms with Crippen molar-refractivity contribution in [2.75, 3.05) is 11.5 Å². The van der Waals surface area contributed by atoms with Gasteiger partial charge in [-0.3, -0.25) is 14.5 Å². The minimum absolute atomic E-state index is 0.0377. The molecule has 0 bridgehead atoms. The number of hydrogen-bond acceptors (Lipinski definition) is 6. The lowest BCUT2D eigenvalue weighted by Gasteiger charge is -2.24. The van der Waals surface area contributed by atoms with E-state index in [4.69, 9.17) is 4.74 Å². The summed E-state index contributed by atoms with van der Waals surface area (Å²) in [5, 5.41) is 11.4. The molecule has 1 unspecified atom stereocenters. The topological polar surface area (TPSA) is 79.7 Å².